The fraction of sp³-hybridized carbons (Fsp3) is 0.923. The van der Waals surface area contributed by atoms with E-state index in [4.69, 9.17) is 5.73 Å². The molecule has 2 aliphatic rings. The van der Waals surface area contributed by atoms with Gasteiger partial charge in [-0.15, -0.1) is 0 Å². The van der Waals surface area contributed by atoms with Crippen molar-refractivity contribution in [1.29, 1.82) is 0 Å². The maximum absolute atomic E-state index is 12.2. The number of hydrogen-bond acceptors (Lipinski definition) is 3. The molecule has 0 aromatic carbocycles. The summed E-state index contributed by atoms with van der Waals surface area (Å²) in [6.07, 6.45) is 4.81. The van der Waals surface area contributed by atoms with E-state index in [9.17, 15) is 4.79 Å². The number of nitrogens with zero attached hydrogens (tertiary/aromatic N) is 2. The normalized spacial score (nSPS) is 25.9. The number of carbonyl (C=O) groups excluding carboxylic acids is 1. The Morgan fingerprint density at radius 3 is 2.76 bits per heavy atom. The first-order valence-corrected chi connectivity index (χ1v) is 6.96. The molecule has 4 nitrogen and oxygen atoms in total. The second-order valence-corrected chi connectivity index (χ2v) is 5.39. The summed E-state index contributed by atoms with van der Waals surface area (Å²) >= 11 is 0. The van der Waals surface area contributed by atoms with Gasteiger partial charge in [0.25, 0.3) is 0 Å². The predicted octanol–water partition coefficient (Wildman–Crippen LogP) is 0.668. The lowest BCUT2D eigenvalue weighted by Crippen LogP contribution is -2.46. The minimum Gasteiger partial charge on any atom is -0.339 e. The molecule has 98 valence electrons. The summed E-state index contributed by atoms with van der Waals surface area (Å²) in [6.45, 7) is 6.35. The van der Waals surface area contributed by atoms with Crippen LogP contribution in [0, 0.1) is 5.92 Å². The van der Waals surface area contributed by atoms with Crippen molar-refractivity contribution in [3.63, 3.8) is 0 Å². The first-order chi connectivity index (χ1) is 8.24. The van der Waals surface area contributed by atoms with Crippen LogP contribution in [0.4, 0.5) is 0 Å². The molecular weight excluding hydrogens is 214 g/mol. The van der Waals surface area contributed by atoms with Gasteiger partial charge in [0.05, 0.1) is 6.54 Å². The highest BCUT2D eigenvalue weighted by molar-refractivity contribution is 5.78. The molecule has 0 bridgehead atoms. The van der Waals surface area contributed by atoms with E-state index < -0.39 is 0 Å². The van der Waals surface area contributed by atoms with Gasteiger partial charge in [0, 0.05) is 19.1 Å². The van der Waals surface area contributed by atoms with Crippen LogP contribution in [0.25, 0.3) is 0 Å². The smallest absolute Gasteiger partial charge is 0.236 e. The number of nitrogens with two attached hydrogens (primary N) is 1. The van der Waals surface area contributed by atoms with Gasteiger partial charge in [-0.25, -0.2) is 0 Å². The van der Waals surface area contributed by atoms with Crippen LogP contribution in [0.2, 0.25) is 0 Å². The van der Waals surface area contributed by atoms with Gasteiger partial charge in [0.2, 0.25) is 5.91 Å². The van der Waals surface area contributed by atoms with E-state index in [0.29, 0.717) is 24.4 Å². The molecule has 2 rings (SSSR count). The van der Waals surface area contributed by atoms with Gasteiger partial charge in [0.15, 0.2) is 0 Å². The Kier molecular flexibility index (Phi) is 4.40. The number of piperidine rings is 1. The number of amides is 1. The Balaban J connectivity index is 1.80. The van der Waals surface area contributed by atoms with Crippen LogP contribution in [-0.2, 0) is 4.79 Å². The van der Waals surface area contributed by atoms with Gasteiger partial charge in [-0.3, -0.25) is 9.69 Å². The third kappa shape index (κ3) is 3.42. The molecule has 1 saturated heterocycles. The minimum atomic E-state index is 0.313. The molecule has 1 aliphatic carbocycles. The van der Waals surface area contributed by atoms with Crippen molar-refractivity contribution in [3.05, 3.63) is 0 Å². The monoisotopic (exact) mass is 239 g/mol. The second kappa shape index (κ2) is 5.83. The highest BCUT2D eigenvalue weighted by Gasteiger charge is 2.32. The summed E-state index contributed by atoms with van der Waals surface area (Å²) in [7, 11) is 0. The molecule has 0 aromatic rings. The van der Waals surface area contributed by atoms with Crippen LogP contribution < -0.4 is 5.73 Å². The third-order valence-corrected chi connectivity index (χ3v) is 3.94. The topological polar surface area (TPSA) is 49.6 Å². The predicted molar refractivity (Wildman–Crippen MR) is 68.6 cm³/mol. The molecule has 4 heteroatoms. The van der Waals surface area contributed by atoms with Crippen LogP contribution in [0.1, 0.15) is 32.6 Å². The zero-order chi connectivity index (χ0) is 12.3. The molecular formula is C13H25N3O. The van der Waals surface area contributed by atoms with Crippen LogP contribution in [0.15, 0.2) is 0 Å². The highest BCUT2D eigenvalue weighted by atomic mass is 16.2. The summed E-state index contributed by atoms with van der Waals surface area (Å²) in [6, 6.07) is 0.544. The molecule has 1 saturated carbocycles. The van der Waals surface area contributed by atoms with E-state index in [-0.39, 0.29) is 0 Å². The quantitative estimate of drug-likeness (QED) is 0.767. The standard InChI is InChI=1S/C13H25N3O/c1-2-16(12-5-6-12)13(17)10-15-7-3-4-11(8-14)9-15/h11-12H,2-10,14H2,1H3. The van der Waals surface area contributed by atoms with Gasteiger partial charge < -0.3 is 10.6 Å². The second-order valence-electron chi connectivity index (χ2n) is 5.39. The molecule has 0 spiro atoms. The summed E-state index contributed by atoms with van der Waals surface area (Å²) < 4.78 is 0. The fourth-order valence-corrected chi connectivity index (χ4v) is 2.79. The number of carbonyl (C=O) groups is 1. The fourth-order valence-electron chi connectivity index (χ4n) is 2.79. The average molecular weight is 239 g/mol. The largest absolute Gasteiger partial charge is 0.339 e. The lowest BCUT2D eigenvalue weighted by atomic mass is 9.98. The van der Waals surface area contributed by atoms with Gasteiger partial charge in [-0.1, -0.05) is 0 Å². The first-order valence-electron chi connectivity index (χ1n) is 6.96. The maximum Gasteiger partial charge on any atom is 0.236 e. The van der Waals surface area contributed by atoms with Gasteiger partial charge >= 0.3 is 0 Å². The molecule has 17 heavy (non-hydrogen) atoms. The minimum absolute atomic E-state index is 0.313. The Hall–Kier alpha value is -0.610. The van der Waals surface area contributed by atoms with Crippen molar-refractivity contribution in [2.75, 3.05) is 32.7 Å². The lowest BCUT2D eigenvalue weighted by molar-refractivity contribution is -0.133. The number of hydrogen-bond donors (Lipinski definition) is 1. The molecule has 1 unspecified atom stereocenters. The zero-order valence-corrected chi connectivity index (χ0v) is 10.9. The molecule has 2 N–H and O–H groups in total. The van der Waals surface area contributed by atoms with E-state index in [1.807, 2.05) is 4.90 Å². The first kappa shape index (κ1) is 12.8. The summed E-state index contributed by atoms with van der Waals surface area (Å²) in [4.78, 5) is 16.5. The van der Waals surface area contributed by atoms with Gasteiger partial charge in [-0.2, -0.15) is 0 Å². The van der Waals surface area contributed by atoms with Crippen LogP contribution in [0.5, 0.6) is 0 Å². The molecule has 1 amide bonds. The van der Waals surface area contributed by atoms with Crippen molar-refractivity contribution in [2.45, 2.75) is 38.6 Å². The molecule has 1 aliphatic heterocycles. The van der Waals surface area contributed by atoms with E-state index >= 15 is 0 Å². The summed E-state index contributed by atoms with van der Waals surface area (Å²) in [5.41, 5.74) is 5.72. The van der Waals surface area contributed by atoms with E-state index in [1.54, 1.807) is 0 Å². The SMILES string of the molecule is CCN(C(=O)CN1CCCC(CN)C1)C1CC1. The van der Waals surface area contributed by atoms with Crippen LogP contribution in [0.3, 0.4) is 0 Å². The summed E-state index contributed by atoms with van der Waals surface area (Å²) in [5.74, 6) is 0.903. The van der Waals surface area contributed by atoms with Crippen molar-refractivity contribution in [1.82, 2.24) is 9.80 Å². The Morgan fingerprint density at radius 1 is 1.41 bits per heavy atom. The van der Waals surface area contributed by atoms with Crippen LogP contribution in [-0.4, -0.2) is 54.5 Å². The average Bonchev–Trinajstić information content (AvgIpc) is 3.15. The Labute approximate surface area is 104 Å². The highest BCUT2D eigenvalue weighted by Crippen LogP contribution is 2.27. The Morgan fingerprint density at radius 2 is 2.18 bits per heavy atom. The van der Waals surface area contributed by atoms with Crippen LogP contribution >= 0.6 is 0 Å². The molecule has 2 fully saturated rings. The Bertz CT molecular complexity index is 265. The van der Waals surface area contributed by atoms with Crippen molar-refractivity contribution < 1.29 is 4.79 Å². The van der Waals surface area contributed by atoms with Gasteiger partial charge in [0.1, 0.15) is 0 Å². The number of rotatable bonds is 5. The maximum atomic E-state index is 12.2. The number of likely N-dealkylation sites (tertiary alicyclic amines) is 1. The zero-order valence-electron chi connectivity index (χ0n) is 10.9. The lowest BCUT2D eigenvalue weighted by Gasteiger charge is -2.33. The van der Waals surface area contributed by atoms with E-state index in [0.717, 1.165) is 26.2 Å². The molecule has 1 heterocycles. The number of likely N-dealkylation sites (N-methyl/N-ethyl adjacent to an activating group) is 1. The van der Waals surface area contributed by atoms with E-state index in [2.05, 4.69) is 11.8 Å². The third-order valence-electron chi connectivity index (χ3n) is 3.94. The van der Waals surface area contributed by atoms with Crippen molar-refractivity contribution in [3.8, 4) is 0 Å². The molecule has 1 atom stereocenters. The molecule has 0 aromatic heterocycles. The van der Waals surface area contributed by atoms with Crippen molar-refractivity contribution in [2.24, 2.45) is 11.7 Å². The summed E-state index contributed by atoms with van der Waals surface area (Å²) in [5, 5.41) is 0. The van der Waals surface area contributed by atoms with Gasteiger partial charge in [-0.05, 0) is 51.6 Å². The molecule has 0 radical (unpaired) electrons. The van der Waals surface area contributed by atoms with E-state index in [1.165, 1.54) is 25.7 Å². The van der Waals surface area contributed by atoms with Crippen molar-refractivity contribution >= 4 is 5.91 Å².